The van der Waals surface area contributed by atoms with Crippen LogP contribution in [0.4, 0.5) is 0 Å². The highest BCUT2D eigenvalue weighted by molar-refractivity contribution is 5.27. The summed E-state index contributed by atoms with van der Waals surface area (Å²) in [5, 5.41) is 0. The second kappa shape index (κ2) is 6.70. The van der Waals surface area contributed by atoms with Crippen LogP contribution in [0.25, 0.3) is 0 Å². The summed E-state index contributed by atoms with van der Waals surface area (Å²) >= 11 is 0. The molecule has 112 valence electrons. The minimum absolute atomic E-state index is 0.0738. The van der Waals surface area contributed by atoms with Crippen LogP contribution in [0.5, 0.6) is 0 Å². The molecule has 1 aliphatic heterocycles. The van der Waals surface area contributed by atoms with E-state index < -0.39 is 0 Å². The number of hydrogen-bond acceptors (Lipinski definition) is 3. The van der Waals surface area contributed by atoms with Gasteiger partial charge in [0.15, 0.2) is 0 Å². The van der Waals surface area contributed by atoms with Crippen LogP contribution in [0, 0.1) is 6.92 Å². The number of benzene rings is 1. The maximum absolute atomic E-state index is 5.93. The molecule has 3 nitrogen and oxygen atoms in total. The van der Waals surface area contributed by atoms with Crippen molar-refractivity contribution in [2.45, 2.75) is 58.0 Å². The molecule has 1 aliphatic rings. The van der Waals surface area contributed by atoms with Gasteiger partial charge in [0, 0.05) is 5.54 Å². The van der Waals surface area contributed by atoms with Crippen LogP contribution >= 0.6 is 0 Å². The summed E-state index contributed by atoms with van der Waals surface area (Å²) in [7, 11) is 0. The molecule has 3 heteroatoms. The van der Waals surface area contributed by atoms with E-state index in [9.17, 15) is 0 Å². The van der Waals surface area contributed by atoms with Gasteiger partial charge in [-0.3, -0.25) is 16.2 Å². The molecule has 1 heterocycles. The highest BCUT2D eigenvalue weighted by Gasteiger charge is 2.39. The van der Waals surface area contributed by atoms with Crippen LogP contribution in [0.3, 0.4) is 0 Å². The van der Waals surface area contributed by atoms with Gasteiger partial charge >= 0.3 is 0 Å². The minimum atomic E-state index is 0.0738. The molecule has 1 aromatic rings. The Morgan fingerprint density at radius 3 is 2.30 bits per heavy atom. The smallest absolute Gasteiger partial charge is 0.0641 e. The molecule has 0 spiro atoms. The van der Waals surface area contributed by atoms with E-state index in [1.165, 1.54) is 43.5 Å². The standard InChI is InChI=1S/C17H29N3/c1-4-17(3,20-12-6-5-7-13-20)16(19-18)15-10-8-14(2)9-11-15/h8-11,16,19H,4-7,12-13,18H2,1-3H3. The lowest BCUT2D eigenvalue weighted by Crippen LogP contribution is -2.57. The zero-order chi connectivity index (χ0) is 14.6. The fraction of sp³-hybridized carbons (Fsp3) is 0.647. The van der Waals surface area contributed by atoms with Gasteiger partial charge in [0.25, 0.3) is 0 Å². The van der Waals surface area contributed by atoms with Crippen molar-refractivity contribution in [2.24, 2.45) is 5.84 Å². The summed E-state index contributed by atoms with van der Waals surface area (Å²) < 4.78 is 0. The van der Waals surface area contributed by atoms with E-state index in [4.69, 9.17) is 5.84 Å². The van der Waals surface area contributed by atoms with E-state index in [2.05, 4.69) is 55.4 Å². The third kappa shape index (κ3) is 3.05. The van der Waals surface area contributed by atoms with Crippen molar-refractivity contribution in [3.63, 3.8) is 0 Å². The Kier molecular flexibility index (Phi) is 5.19. The Balaban J connectivity index is 2.27. The van der Waals surface area contributed by atoms with Crippen LogP contribution in [-0.2, 0) is 0 Å². The fourth-order valence-corrected chi connectivity index (χ4v) is 3.41. The van der Waals surface area contributed by atoms with Crippen molar-refractivity contribution in [2.75, 3.05) is 13.1 Å². The first-order valence-electron chi connectivity index (χ1n) is 7.89. The van der Waals surface area contributed by atoms with Crippen LogP contribution in [0.1, 0.15) is 56.7 Å². The quantitative estimate of drug-likeness (QED) is 0.640. The number of rotatable bonds is 5. The van der Waals surface area contributed by atoms with Crippen molar-refractivity contribution in [1.29, 1.82) is 0 Å². The maximum Gasteiger partial charge on any atom is 0.0641 e. The Hall–Kier alpha value is -0.900. The molecule has 20 heavy (non-hydrogen) atoms. The first kappa shape index (κ1) is 15.5. The Bertz CT molecular complexity index is 409. The average molecular weight is 275 g/mol. The minimum Gasteiger partial charge on any atom is -0.296 e. The van der Waals surface area contributed by atoms with Crippen LogP contribution < -0.4 is 11.3 Å². The SMILES string of the molecule is CCC(C)(C(NN)c1ccc(C)cc1)N1CCCCC1. The van der Waals surface area contributed by atoms with Gasteiger partial charge in [-0.25, -0.2) is 0 Å². The van der Waals surface area contributed by atoms with Crippen LogP contribution in [0.15, 0.2) is 24.3 Å². The van der Waals surface area contributed by atoms with E-state index in [0.717, 1.165) is 6.42 Å². The summed E-state index contributed by atoms with van der Waals surface area (Å²) in [6, 6.07) is 8.93. The largest absolute Gasteiger partial charge is 0.296 e. The van der Waals surface area contributed by atoms with Gasteiger partial charge in [0.05, 0.1) is 6.04 Å². The maximum atomic E-state index is 5.93. The zero-order valence-corrected chi connectivity index (χ0v) is 13.2. The third-order valence-corrected chi connectivity index (χ3v) is 4.99. The number of hydrazine groups is 1. The number of hydrogen-bond donors (Lipinski definition) is 2. The Morgan fingerprint density at radius 2 is 1.80 bits per heavy atom. The van der Waals surface area contributed by atoms with Crippen molar-refractivity contribution in [1.82, 2.24) is 10.3 Å². The van der Waals surface area contributed by atoms with Gasteiger partial charge in [-0.05, 0) is 51.8 Å². The van der Waals surface area contributed by atoms with E-state index in [1.54, 1.807) is 0 Å². The molecule has 0 bridgehead atoms. The predicted octanol–water partition coefficient (Wildman–Crippen LogP) is 3.15. The topological polar surface area (TPSA) is 41.3 Å². The highest BCUT2D eigenvalue weighted by Crippen LogP contribution is 2.35. The lowest BCUT2D eigenvalue weighted by molar-refractivity contribution is 0.0424. The van der Waals surface area contributed by atoms with Crippen LogP contribution in [-0.4, -0.2) is 23.5 Å². The third-order valence-electron chi connectivity index (χ3n) is 4.99. The second-order valence-corrected chi connectivity index (χ2v) is 6.27. The monoisotopic (exact) mass is 275 g/mol. The zero-order valence-electron chi connectivity index (χ0n) is 13.2. The first-order valence-corrected chi connectivity index (χ1v) is 7.89. The van der Waals surface area contributed by atoms with Crippen molar-refractivity contribution in [3.8, 4) is 0 Å². The highest BCUT2D eigenvalue weighted by atomic mass is 15.3. The van der Waals surface area contributed by atoms with Gasteiger partial charge in [-0.1, -0.05) is 43.2 Å². The summed E-state index contributed by atoms with van der Waals surface area (Å²) in [6.45, 7) is 9.12. The summed E-state index contributed by atoms with van der Waals surface area (Å²) in [5.74, 6) is 5.93. The molecule has 3 N–H and O–H groups in total. The van der Waals surface area contributed by atoms with Gasteiger partial charge in [-0.2, -0.15) is 0 Å². The summed E-state index contributed by atoms with van der Waals surface area (Å²) in [6.07, 6.45) is 5.07. The normalized spacial score (nSPS) is 21.4. The van der Waals surface area contributed by atoms with Gasteiger partial charge in [0.1, 0.15) is 0 Å². The van der Waals surface area contributed by atoms with Gasteiger partial charge in [-0.15, -0.1) is 0 Å². The molecule has 0 aliphatic carbocycles. The van der Waals surface area contributed by atoms with Crippen molar-refractivity contribution >= 4 is 0 Å². The lowest BCUT2D eigenvalue weighted by atomic mass is 9.82. The van der Waals surface area contributed by atoms with E-state index in [0.29, 0.717) is 0 Å². The number of likely N-dealkylation sites (tertiary alicyclic amines) is 1. The fourth-order valence-electron chi connectivity index (χ4n) is 3.41. The molecule has 0 amide bonds. The molecular formula is C17H29N3. The Morgan fingerprint density at radius 1 is 1.20 bits per heavy atom. The molecule has 1 saturated heterocycles. The number of piperidine rings is 1. The van der Waals surface area contributed by atoms with Crippen LogP contribution in [0.2, 0.25) is 0 Å². The summed E-state index contributed by atoms with van der Waals surface area (Å²) in [4.78, 5) is 2.63. The van der Waals surface area contributed by atoms with E-state index in [-0.39, 0.29) is 11.6 Å². The molecule has 2 unspecified atom stereocenters. The number of nitrogens with one attached hydrogen (secondary N) is 1. The van der Waals surface area contributed by atoms with Crippen molar-refractivity contribution < 1.29 is 0 Å². The molecule has 0 aromatic heterocycles. The lowest BCUT2D eigenvalue weighted by Gasteiger charge is -2.48. The van der Waals surface area contributed by atoms with Gasteiger partial charge in [0.2, 0.25) is 0 Å². The van der Waals surface area contributed by atoms with Crippen molar-refractivity contribution in [3.05, 3.63) is 35.4 Å². The number of aryl methyl sites for hydroxylation is 1. The predicted molar refractivity (Wildman–Crippen MR) is 85.4 cm³/mol. The number of nitrogens with zero attached hydrogens (tertiary/aromatic N) is 1. The number of nitrogens with two attached hydrogens (primary N) is 1. The molecular weight excluding hydrogens is 246 g/mol. The Labute approximate surface area is 123 Å². The molecule has 1 fully saturated rings. The van der Waals surface area contributed by atoms with E-state index >= 15 is 0 Å². The molecule has 0 saturated carbocycles. The van der Waals surface area contributed by atoms with Gasteiger partial charge < -0.3 is 0 Å². The average Bonchev–Trinajstić information content (AvgIpc) is 2.50. The molecule has 0 radical (unpaired) electrons. The summed E-state index contributed by atoms with van der Waals surface area (Å²) in [5.41, 5.74) is 5.74. The van der Waals surface area contributed by atoms with E-state index in [1.807, 2.05) is 0 Å². The molecule has 2 atom stereocenters. The molecule has 1 aromatic carbocycles. The molecule has 2 rings (SSSR count). The first-order chi connectivity index (χ1) is 9.61. The second-order valence-electron chi connectivity index (χ2n) is 6.27.